The SMILES string of the molecule is O=C(c1cccc(OB(O)O)c1)N1CCOCC1. The van der Waals surface area contributed by atoms with Gasteiger partial charge in [-0.15, -0.1) is 0 Å². The second-order valence-electron chi connectivity index (χ2n) is 3.88. The van der Waals surface area contributed by atoms with Crippen LogP contribution in [0.2, 0.25) is 0 Å². The van der Waals surface area contributed by atoms with E-state index in [0.29, 0.717) is 31.9 Å². The highest BCUT2D eigenvalue weighted by Gasteiger charge is 2.19. The fraction of sp³-hybridized carbons (Fsp3) is 0.364. The van der Waals surface area contributed by atoms with Gasteiger partial charge < -0.3 is 24.3 Å². The van der Waals surface area contributed by atoms with Crippen LogP contribution in [0.3, 0.4) is 0 Å². The zero-order chi connectivity index (χ0) is 13.0. The molecule has 0 aromatic heterocycles. The van der Waals surface area contributed by atoms with Crippen LogP contribution in [0.25, 0.3) is 0 Å². The molecule has 6 nitrogen and oxygen atoms in total. The molecule has 0 unspecified atom stereocenters. The van der Waals surface area contributed by atoms with Gasteiger partial charge >= 0.3 is 7.32 Å². The molecule has 0 radical (unpaired) electrons. The van der Waals surface area contributed by atoms with Crippen LogP contribution in [0.4, 0.5) is 0 Å². The van der Waals surface area contributed by atoms with Gasteiger partial charge in [0, 0.05) is 18.7 Å². The summed E-state index contributed by atoms with van der Waals surface area (Å²) in [5.74, 6) is 0.125. The number of carbonyl (C=O) groups excluding carboxylic acids is 1. The number of hydrogen-bond donors (Lipinski definition) is 2. The molecule has 1 aliphatic rings. The van der Waals surface area contributed by atoms with Crippen LogP contribution >= 0.6 is 0 Å². The van der Waals surface area contributed by atoms with Crippen molar-refractivity contribution in [3.05, 3.63) is 29.8 Å². The Balaban J connectivity index is 2.09. The molecule has 2 N–H and O–H groups in total. The third-order valence-electron chi connectivity index (χ3n) is 2.62. The van der Waals surface area contributed by atoms with E-state index in [9.17, 15) is 4.79 Å². The predicted molar refractivity (Wildman–Crippen MR) is 64.0 cm³/mol. The van der Waals surface area contributed by atoms with Gasteiger partial charge in [-0.1, -0.05) is 6.07 Å². The number of rotatable bonds is 3. The average molecular weight is 251 g/mol. The minimum absolute atomic E-state index is 0.115. The molecule has 0 saturated carbocycles. The van der Waals surface area contributed by atoms with E-state index >= 15 is 0 Å². The summed E-state index contributed by atoms with van der Waals surface area (Å²) in [4.78, 5) is 13.8. The van der Waals surface area contributed by atoms with E-state index in [2.05, 4.69) is 0 Å². The van der Waals surface area contributed by atoms with E-state index in [1.165, 1.54) is 6.07 Å². The van der Waals surface area contributed by atoms with E-state index in [-0.39, 0.29) is 11.7 Å². The summed E-state index contributed by atoms with van der Waals surface area (Å²) in [5, 5.41) is 17.4. The Hall–Kier alpha value is -1.57. The Kier molecular flexibility index (Phi) is 4.19. The van der Waals surface area contributed by atoms with Gasteiger partial charge in [0.1, 0.15) is 5.75 Å². The third kappa shape index (κ3) is 3.22. The fourth-order valence-corrected chi connectivity index (χ4v) is 1.77. The molecule has 18 heavy (non-hydrogen) atoms. The van der Waals surface area contributed by atoms with Crippen molar-refractivity contribution in [3.8, 4) is 5.75 Å². The van der Waals surface area contributed by atoms with Gasteiger partial charge in [0.2, 0.25) is 0 Å². The number of ether oxygens (including phenoxy) is 1. The van der Waals surface area contributed by atoms with Crippen molar-refractivity contribution >= 4 is 13.2 Å². The molecule has 0 bridgehead atoms. The molecular weight excluding hydrogens is 237 g/mol. The number of nitrogens with zero attached hydrogens (tertiary/aromatic N) is 1. The van der Waals surface area contributed by atoms with Crippen molar-refractivity contribution < 1.29 is 24.2 Å². The lowest BCUT2D eigenvalue weighted by Gasteiger charge is -2.27. The van der Waals surface area contributed by atoms with Crippen LogP contribution in [-0.4, -0.2) is 54.5 Å². The highest BCUT2D eigenvalue weighted by molar-refractivity contribution is 6.33. The van der Waals surface area contributed by atoms with Crippen molar-refractivity contribution in [1.29, 1.82) is 0 Å². The molecule has 1 heterocycles. The zero-order valence-corrected chi connectivity index (χ0v) is 9.78. The van der Waals surface area contributed by atoms with Gasteiger partial charge in [0.15, 0.2) is 0 Å². The lowest BCUT2D eigenvalue weighted by molar-refractivity contribution is 0.0302. The molecule has 1 fully saturated rings. The van der Waals surface area contributed by atoms with Crippen LogP contribution in [-0.2, 0) is 4.74 Å². The smallest absolute Gasteiger partial charge is 0.512 e. The number of hydrogen-bond acceptors (Lipinski definition) is 5. The van der Waals surface area contributed by atoms with Crippen molar-refractivity contribution in [1.82, 2.24) is 4.90 Å². The molecule has 1 aromatic rings. The summed E-state index contributed by atoms with van der Waals surface area (Å²) < 4.78 is 9.89. The van der Waals surface area contributed by atoms with Gasteiger partial charge in [0.05, 0.1) is 13.2 Å². The summed E-state index contributed by atoms with van der Waals surface area (Å²) in [6, 6.07) is 6.33. The number of morpholine rings is 1. The van der Waals surface area contributed by atoms with E-state index in [1.807, 2.05) is 0 Å². The Labute approximate surface area is 105 Å². The van der Waals surface area contributed by atoms with Crippen LogP contribution in [0.15, 0.2) is 24.3 Å². The lowest BCUT2D eigenvalue weighted by atomic mass is 10.1. The minimum Gasteiger partial charge on any atom is -0.512 e. The highest BCUT2D eigenvalue weighted by Crippen LogP contribution is 2.15. The molecule has 0 spiro atoms. The number of amides is 1. The Morgan fingerprint density at radius 3 is 2.72 bits per heavy atom. The maximum absolute atomic E-state index is 12.1. The molecular formula is C11H14BNO5. The van der Waals surface area contributed by atoms with Crippen LogP contribution < -0.4 is 4.65 Å². The Bertz CT molecular complexity index is 420. The Morgan fingerprint density at radius 1 is 1.33 bits per heavy atom. The molecule has 1 aromatic carbocycles. The first kappa shape index (κ1) is 12.9. The van der Waals surface area contributed by atoms with E-state index in [4.69, 9.17) is 19.4 Å². The fourth-order valence-electron chi connectivity index (χ4n) is 1.77. The molecule has 1 saturated heterocycles. The summed E-state index contributed by atoms with van der Waals surface area (Å²) in [6.45, 7) is 2.20. The van der Waals surface area contributed by atoms with E-state index in [1.54, 1.807) is 23.1 Å². The second kappa shape index (κ2) is 5.86. The number of carbonyl (C=O) groups is 1. The zero-order valence-electron chi connectivity index (χ0n) is 9.78. The average Bonchev–Trinajstić information content (AvgIpc) is 2.38. The van der Waals surface area contributed by atoms with Crippen LogP contribution in [0.1, 0.15) is 10.4 Å². The van der Waals surface area contributed by atoms with Crippen LogP contribution in [0, 0.1) is 0 Å². The maximum atomic E-state index is 12.1. The monoisotopic (exact) mass is 251 g/mol. The van der Waals surface area contributed by atoms with Gasteiger partial charge in [-0.2, -0.15) is 0 Å². The topological polar surface area (TPSA) is 79.2 Å². The molecule has 7 heteroatoms. The molecule has 0 atom stereocenters. The van der Waals surface area contributed by atoms with Crippen molar-refractivity contribution in [2.75, 3.05) is 26.3 Å². The van der Waals surface area contributed by atoms with Crippen LogP contribution in [0.5, 0.6) is 5.75 Å². The summed E-state index contributed by atoms with van der Waals surface area (Å²) in [7, 11) is -1.89. The summed E-state index contributed by atoms with van der Waals surface area (Å²) in [5.41, 5.74) is 0.454. The quantitative estimate of drug-likeness (QED) is 0.708. The van der Waals surface area contributed by atoms with E-state index in [0.717, 1.165) is 0 Å². The van der Waals surface area contributed by atoms with Crippen molar-refractivity contribution in [2.45, 2.75) is 0 Å². The first-order valence-electron chi connectivity index (χ1n) is 5.67. The van der Waals surface area contributed by atoms with Gasteiger partial charge in [0.25, 0.3) is 5.91 Å². The molecule has 2 rings (SSSR count). The number of benzene rings is 1. The standard InChI is InChI=1S/C11H14BNO5/c14-11(13-4-6-17-7-5-13)9-2-1-3-10(8-9)18-12(15)16/h1-3,8,15-16H,4-7H2. The first-order valence-corrected chi connectivity index (χ1v) is 5.67. The normalized spacial score (nSPS) is 15.3. The minimum atomic E-state index is -1.89. The second-order valence-corrected chi connectivity index (χ2v) is 3.88. The molecule has 0 aliphatic carbocycles. The summed E-state index contributed by atoms with van der Waals surface area (Å²) >= 11 is 0. The predicted octanol–water partition coefficient (Wildman–Crippen LogP) is -0.493. The van der Waals surface area contributed by atoms with Gasteiger partial charge in [-0.05, 0) is 18.2 Å². The van der Waals surface area contributed by atoms with Crippen molar-refractivity contribution in [2.24, 2.45) is 0 Å². The van der Waals surface area contributed by atoms with E-state index < -0.39 is 7.32 Å². The van der Waals surface area contributed by atoms with Crippen molar-refractivity contribution in [3.63, 3.8) is 0 Å². The third-order valence-corrected chi connectivity index (χ3v) is 2.62. The van der Waals surface area contributed by atoms with Gasteiger partial charge in [-0.25, -0.2) is 0 Å². The summed E-state index contributed by atoms with van der Waals surface area (Å²) in [6.07, 6.45) is 0. The first-order chi connectivity index (χ1) is 8.66. The largest absolute Gasteiger partial charge is 0.707 e. The highest BCUT2D eigenvalue weighted by atomic mass is 16.6. The van der Waals surface area contributed by atoms with Gasteiger partial charge in [-0.3, -0.25) is 4.79 Å². The molecule has 1 aliphatic heterocycles. The molecule has 96 valence electrons. The maximum Gasteiger partial charge on any atom is 0.707 e. The lowest BCUT2D eigenvalue weighted by Crippen LogP contribution is -2.40. The molecule has 1 amide bonds. The Morgan fingerprint density at radius 2 is 2.06 bits per heavy atom.